The van der Waals surface area contributed by atoms with Crippen molar-refractivity contribution in [1.82, 2.24) is 8.87 Å². The molecule has 0 spiro atoms. The first kappa shape index (κ1) is 25.7. The van der Waals surface area contributed by atoms with Gasteiger partial charge >= 0.3 is 0 Å². The topological polar surface area (TPSA) is 71.9 Å². The third-order valence-corrected chi connectivity index (χ3v) is 9.50. The third-order valence-electron chi connectivity index (χ3n) is 7.20. The molecular weight excluding hydrogens is 510 g/mol. The van der Waals surface area contributed by atoms with E-state index in [0.29, 0.717) is 49.0 Å². The van der Waals surface area contributed by atoms with Gasteiger partial charge in [-0.3, -0.25) is 4.79 Å². The molecule has 37 heavy (non-hydrogen) atoms. The molecule has 3 heterocycles. The van der Waals surface area contributed by atoms with Gasteiger partial charge in [0, 0.05) is 52.9 Å². The van der Waals surface area contributed by atoms with Crippen LogP contribution in [0.5, 0.6) is 0 Å². The molecule has 194 valence electrons. The van der Waals surface area contributed by atoms with Gasteiger partial charge in [-0.2, -0.15) is 4.31 Å². The van der Waals surface area contributed by atoms with E-state index in [2.05, 4.69) is 4.57 Å². The molecule has 1 aromatic heterocycles. The number of amides is 1. The van der Waals surface area contributed by atoms with E-state index >= 15 is 0 Å². The highest BCUT2D eigenvalue weighted by atomic mass is 35.5. The SMILES string of the molecule is CCN1C(=O)/C(=C/c2cc(C)n(-c3cccc(Cl)c3C)c2C)c2cc(S(=O)(=O)N3CCOCC3)ccc21. The number of halogens is 1. The minimum Gasteiger partial charge on any atom is -0.379 e. The Kier molecular flexibility index (Phi) is 6.79. The number of hydrogen-bond donors (Lipinski definition) is 0. The number of nitrogens with zero attached hydrogens (tertiary/aromatic N) is 3. The Morgan fingerprint density at radius 1 is 1.03 bits per heavy atom. The molecule has 1 amide bonds. The van der Waals surface area contributed by atoms with E-state index in [9.17, 15) is 13.2 Å². The highest BCUT2D eigenvalue weighted by molar-refractivity contribution is 7.89. The van der Waals surface area contributed by atoms with Crippen molar-refractivity contribution in [1.29, 1.82) is 0 Å². The fourth-order valence-corrected chi connectivity index (χ4v) is 6.79. The van der Waals surface area contributed by atoms with Crippen LogP contribution in [0.4, 0.5) is 5.69 Å². The van der Waals surface area contributed by atoms with Crippen molar-refractivity contribution in [3.8, 4) is 5.69 Å². The first-order chi connectivity index (χ1) is 17.6. The summed E-state index contributed by atoms with van der Waals surface area (Å²) in [5.74, 6) is -0.137. The van der Waals surface area contributed by atoms with Crippen LogP contribution in [0.3, 0.4) is 0 Å². The fraction of sp³-hybridized carbons (Fsp3) is 0.321. The van der Waals surface area contributed by atoms with Crippen molar-refractivity contribution >= 4 is 44.9 Å². The highest BCUT2D eigenvalue weighted by Gasteiger charge is 2.34. The Bertz CT molecular complexity index is 1530. The molecule has 0 saturated carbocycles. The lowest BCUT2D eigenvalue weighted by atomic mass is 10.0. The van der Waals surface area contributed by atoms with Crippen LogP contribution in [0.15, 0.2) is 47.4 Å². The molecule has 3 aromatic rings. The van der Waals surface area contributed by atoms with Gasteiger partial charge in [0.2, 0.25) is 10.0 Å². The van der Waals surface area contributed by atoms with Crippen molar-refractivity contribution in [3.05, 3.63) is 75.6 Å². The number of morpholine rings is 1. The van der Waals surface area contributed by atoms with Crippen molar-refractivity contribution in [2.24, 2.45) is 0 Å². The van der Waals surface area contributed by atoms with E-state index in [1.807, 2.05) is 58.0 Å². The van der Waals surface area contributed by atoms with Crippen molar-refractivity contribution < 1.29 is 17.9 Å². The number of aryl methyl sites for hydroxylation is 1. The summed E-state index contributed by atoms with van der Waals surface area (Å²) in [6, 6.07) is 12.8. The molecule has 2 aromatic carbocycles. The standard InChI is InChI=1S/C28H30ClN3O4S/c1-5-31-27-10-9-22(37(34,35)30-11-13-36-14-12-30)17-23(27)24(28(31)33)16-21-15-18(2)32(20(21)4)26-8-6-7-25(29)19(26)3/h6-10,15-17H,5,11-14H2,1-4H3/b24-16+. The molecule has 9 heteroatoms. The number of sulfonamides is 1. The van der Waals surface area contributed by atoms with Crippen LogP contribution in [0.25, 0.3) is 17.3 Å². The number of carbonyl (C=O) groups excluding carboxylic acids is 1. The van der Waals surface area contributed by atoms with E-state index in [4.69, 9.17) is 16.3 Å². The molecule has 1 saturated heterocycles. The number of carbonyl (C=O) groups is 1. The summed E-state index contributed by atoms with van der Waals surface area (Å²) in [4.78, 5) is 15.4. The van der Waals surface area contributed by atoms with E-state index in [1.165, 1.54) is 4.31 Å². The molecule has 0 atom stereocenters. The van der Waals surface area contributed by atoms with Gasteiger partial charge in [-0.15, -0.1) is 0 Å². The molecule has 1 fully saturated rings. The predicted molar refractivity (Wildman–Crippen MR) is 147 cm³/mol. The van der Waals surface area contributed by atoms with Gasteiger partial charge in [0.1, 0.15) is 0 Å². The monoisotopic (exact) mass is 539 g/mol. The maximum atomic E-state index is 13.5. The lowest BCUT2D eigenvalue weighted by Gasteiger charge is -2.26. The number of benzene rings is 2. The zero-order chi connectivity index (χ0) is 26.5. The molecule has 0 N–H and O–H groups in total. The molecule has 0 unspecified atom stereocenters. The van der Waals surface area contributed by atoms with Gasteiger partial charge in [0.25, 0.3) is 5.91 Å². The van der Waals surface area contributed by atoms with Crippen LogP contribution in [0, 0.1) is 20.8 Å². The summed E-state index contributed by atoms with van der Waals surface area (Å²) in [5.41, 5.74) is 6.67. The number of aromatic nitrogens is 1. The van der Waals surface area contributed by atoms with Crippen LogP contribution >= 0.6 is 11.6 Å². The first-order valence-corrected chi connectivity index (χ1v) is 14.2. The number of ether oxygens (including phenoxy) is 1. The second kappa shape index (κ2) is 9.76. The van der Waals surface area contributed by atoms with Gasteiger partial charge < -0.3 is 14.2 Å². The lowest BCUT2D eigenvalue weighted by Crippen LogP contribution is -2.40. The van der Waals surface area contributed by atoms with E-state index in [-0.39, 0.29) is 10.8 Å². The largest absolute Gasteiger partial charge is 0.379 e. The van der Waals surface area contributed by atoms with Gasteiger partial charge in [-0.1, -0.05) is 17.7 Å². The Morgan fingerprint density at radius 3 is 2.46 bits per heavy atom. The summed E-state index contributed by atoms with van der Waals surface area (Å²) in [6.07, 6.45) is 1.88. The average Bonchev–Trinajstić information content (AvgIpc) is 3.32. The molecular formula is C28H30ClN3O4S. The number of anilines is 1. The Balaban J connectivity index is 1.62. The van der Waals surface area contributed by atoms with Crippen molar-refractivity contribution in [3.63, 3.8) is 0 Å². The quantitative estimate of drug-likeness (QED) is 0.428. The smallest absolute Gasteiger partial charge is 0.258 e. The Morgan fingerprint density at radius 2 is 1.76 bits per heavy atom. The van der Waals surface area contributed by atoms with Crippen molar-refractivity contribution in [2.75, 3.05) is 37.7 Å². The normalized spacial score (nSPS) is 17.6. The van der Waals surface area contributed by atoms with Gasteiger partial charge in [0.05, 0.1) is 23.8 Å². The van der Waals surface area contributed by atoms with E-state index < -0.39 is 10.0 Å². The minimum absolute atomic E-state index is 0.137. The second-order valence-electron chi connectivity index (χ2n) is 9.35. The van der Waals surface area contributed by atoms with Crippen LogP contribution in [-0.4, -0.2) is 56.0 Å². The fourth-order valence-electron chi connectivity index (χ4n) is 5.18. The molecule has 0 aliphatic carbocycles. The van der Waals surface area contributed by atoms with E-state index in [0.717, 1.165) is 33.9 Å². The molecule has 5 rings (SSSR count). The lowest BCUT2D eigenvalue weighted by molar-refractivity contribution is -0.112. The minimum atomic E-state index is -3.70. The van der Waals surface area contributed by atoms with Crippen LogP contribution in [-0.2, 0) is 19.6 Å². The molecule has 2 aliphatic rings. The molecule has 2 aliphatic heterocycles. The number of rotatable bonds is 5. The average molecular weight is 540 g/mol. The van der Waals surface area contributed by atoms with Crippen LogP contribution < -0.4 is 4.90 Å². The Hall–Kier alpha value is -2.91. The third kappa shape index (κ3) is 4.32. The summed E-state index contributed by atoms with van der Waals surface area (Å²) in [6.45, 7) is 9.80. The predicted octanol–water partition coefficient (Wildman–Crippen LogP) is 4.98. The van der Waals surface area contributed by atoms with Gasteiger partial charge in [-0.05, 0) is 81.3 Å². The zero-order valence-corrected chi connectivity index (χ0v) is 23.0. The second-order valence-corrected chi connectivity index (χ2v) is 11.7. The molecule has 0 radical (unpaired) electrons. The number of likely N-dealkylation sites (N-methyl/N-ethyl adjacent to an activating group) is 1. The number of hydrogen-bond acceptors (Lipinski definition) is 4. The molecule has 0 bridgehead atoms. The first-order valence-electron chi connectivity index (χ1n) is 12.4. The van der Waals surface area contributed by atoms with Crippen molar-refractivity contribution in [2.45, 2.75) is 32.6 Å². The maximum Gasteiger partial charge on any atom is 0.258 e. The molecule has 7 nitrogen and oxygen atoms in total. The summed E-state index contributed by atoms with van der Waals surface area (Å²) in [5, 5.41) is 0.692. The summed E-state index contributed by atoms with van der Waals surface area (Å²) >= 11 is 6.39. The maximum absolute atomic E-state index is 13.5. The highest BCUT2D eigenvalue weighted by Crippen LogP contribution is 2.40. The van der Waals surface area contributed by atoms with E-state index in [1.54, 1.807) is 23.1 Å². The summed E-state index contributed by atoms with van der Waals surface area (Å²) in [7, 11) is -3.70. The number of fused-ring (bicyclic) bond motifs is 1. The Labute approximate surface area is 223 Å². The van der Waals surface area contributed by atoms with Gasteiger partial charge in [-0.25, -0.2) is 8.42 Å². The van der Waals surface area contributed by atoms with Crippen LogP contribution in [0.1, 0.15) is 35.0 Å². The van der Waals surface area contributed by atoms with Crippen LogP contribution in [0.2, 0.25) is 5.02 Å². The summed E-state index contributed by atoms with van der Waals surface area (Å²) < 4.78 is 35.6. The zero-order valence-electron chi connectivity index (χ0n) is 21.4. The van der Waals surface area contributed by atoms with Gasteiger partial charge in [0.15, 0.2) is 0 Å².